The molecule has 3 aromatic carbocycles. The van der Waals surface area contributed by atoms with Crippen molar-refractivity contribution in [2.45, 2.75) is 54.7 Å². The molecule has 1 N–H and O–H groups in total. The van der Waals surface area contributed by atoms with Crippen LogP contribution < -0.4 is 10.1 Å². The van der Waals surface area contributed by atoms with Gasteiger partial charge in [-0.25, -0.2) is 8.42 Å². The van der Waals surface area contributed by atoms with Crippen LogP contribution in [-0.2, 0) is 21.3 Å². The fourth-order valence-corrected chi connectivity index (χ4v) is 7.88. The number of alkyl halides is 1. The van der Waals surface area contributed by atoms with Crippen LogP contribution in [0.15, 0.2) is 91.1 Å². The average Bonchev–Trinajstić information content (AvgIpc) is 2.93. The second kappa shape index (κ2) is 11.0. The summed E-state index contributed by atoms with van der Waals surface area (Å²) in [6, 6.07) is 28.2. The van der Waals surface area contributed by atoms with E-state index in [4.69, 9.17) is 16.3 Å². The zero-order valence-electron chi connectivity index (χ0n) is 22.5. The van der Waals surface area contributed by atoms with Crippen molar-refractivity contribution in [1.29, 1.82) is 0 Å². The van der Waals surface area contributed by atoms with Gasteiger partial charge < -0.3 is 10.1 Å². The van der Waals surface area contributed by atoms with Crippen molar-refractivity contribution in [1.82, 2.24) is 10.3 Å². The number of hydrogen-bond acceptors (Lipinski definition) is 5. The second-order valence-electron chi connectivity index (χ2n) is 11.1. The normalized spacial score (nSPS) is 22.4. The zero-order chi connectivity index (χ0) is 27.7. The molecule has 1 aromatic heterocycles. The van der Waals surface area contributed by atoms with E-state index in [0.29, 0.717) is 5.69 Å². The van der Waals surface area contributed by atoms with E-state index in [1.54, 1.807) is 24.4 Å². The molecule has 2 aliphatic rings. The number of aromatic nitrogens is 1. The van der Waals surface area contributed by atoms with Gasteiger partial charge in [-0.05, 0) is 66.4 Å². The fraction of sp³-hybridized carbons (Fsp3) is 0.303. The van der Waals surface area contributed by atoms with Crippen molar-refractivity contribution in [2.75, 3.05) is 6.54 Å². The van der Waals surface area contributed by atoms with E-state index in [2.05, 4.69) is 53.6 Å². The first kappa shape index (κ1) is 27.0. The number of benzene rings is 3. The van der Waals surface area contributed by atoms with Crippen LogP contribution in [-0.4, -0.2) is 25.5 Å². The number of pyridine rings is 1. The SMILES string of the molecule is Cc1cccc(C2CC3(CCN2)CC(Cl)c2cc(-c4ccc(CS(=O)(=O)Cc5ccccn5)cc4)ccc2O3)c1. The third kappa shape index (κ3) is 5.95. The van der Waals surface area contributed by atoms with Crippen molar-refractivity contribution in [3.8, 4) is 16.9 Å². The Balaban J connectivity index is 1.17. The summed E-state index contributed by atoms with van der Waals surface area (Å²) in [5.41, 5.74) is 6.64. The van der Waals surface area contributed by atoms with E-state index in [1.165, 1.54) is 11.1 Å². The quantitative estimate of drug-likeness (QED) is 0.250. The molecule has 0 amide bonds. The molecule has 3 heterocycles. The Labute approximate surface area is 241 Å². The summed E-state index contributed by atoms with van der Waals surface area (Å²) in [6.45, 7) is 3.01. The van der Waals surface area contributed by atoms with Crippen molar-refractivity contribution in [3.63, 3.8) is 0 Å². The lowest BCUT2D eigenvalue weighted by Gasteiger charge is -2.46. The molecule has 206 valence electrons. The Hall–Kier alpha value is -3.19. The first-order valence-electron chi connectivity index (χ1n) is 13.7. The van der Waals surface area contributed by atoms with Gasteiger partial charge in [-0.1, -0.05) is 66.2 Å². The summed E-state index contributed by atoms with van der Waals surface area (Å²) < 4.78 is 32.1. The molecule has 1 saturated heterocycles. The summed E-state index contributed by atoms with van der Waals surface area (Å²) in [5.74, 6) is 0.768. The van der Waals surface area contributed by atoms with Crippen molar-refractivity contribution < 1.29 is 13.2 Å². The van der Waals surface area contributed by atoms with Crippen molar-refractivity contribution >= 4 is 21.4 Å². The van der Waals surface area contributed by atoms with Gasteiger partial charge in [-0.3, -0.25) is 4.98 Å². The van der Waals surface area contributed by atoms with Gasteiger partial charge in [-0.2, -0.15) is 0 Å². The third-order valence-corrected chi connectivity index (χ3v) is 9.88. The second-order valence-corrected chi connectivity index (χ2v) is 13.7. The van der Waals surface area contributed by atoms with E-state index in [1.807, 2.05) is 30.3 Å². The first-order valence-corrected chi connectivity index (χ1v) is 16.0. The highest BCUT2D eigenvalue weighted by Crippen LogP contribution is 2.49. The number of piperidine rings is 1. The van der Waals surface area contributed by atoms with Gasteiger partial charge in [0.05, 0.1) is 22.6 Å². The number of aryl methyl sites for hydroxylation is 1. The highest BCUT2D eigenvalue weighted by molar-refractivity contribution is 7.89. The van der Waals surface area contributed by atoms with Crippen LogP contribution in [0.25, 0.3) is 11.1 Å². The summed E-state index contributed by atoms with van der Waals surface area (Å²) in [6.07, 6.45) is 4.18. The summed E-state index contributed by atoms with van der Waals surface area (Å²) in [5, 5.41) is 3.53. The minimum Gasteiger partial charge on any atom is -0.487 e. The van der Waals surface area contributed by atoms with Gasteiger partial charge in [0.15, 0.2) is 9.84 Å². The van der Waals surface area contributed by atoms with E-state index in [9.17, 15) is 8.42 Å². The number of fused-ring (bicyclic) bond motifs is 1. The number of ether oxygens (including phenoxy) is 1. The Kier molecular flexibility index (Phi) is 7.43. The Morgan fingerprint density at radius 3 is 2.55 bits per heavy atom. The summed E-state index contributed by atoms with van der Waals surface area (Å²) in [4.78, 5) is 4.15. The number of halogens is 1. The first-order chi connectivity index (χ1) is 19.3. The smallest absolute Gasteiger partial charge is 0.160 e. The Bertz CT molecular complexity index is 1610. The number of rotatable bonds is 6. The molecule has 3 unspecified atom stereocenters. The standard InChI is InChI=1S/C33H33ClN2O3S/c1-23-5-4-6-27(17-23)31-20-33(14-16-36-31)19-30(34)29-18-26(12-13-32(29)39-33)25-10-8-24(9-11-25)21-40(37,38)22-28-7-2-3-15-35-28/h2-13,15,17-18,30-31,36H,14,16,19-22H2,1H3. The number of sulfone groups is 1. The molecule has 2 aliphatic heterocycles. The monoisotopic (exact) mass is 572 g/mol. The molecule has 0 saturated carbocycles. The highest BCUT2D eigenvalue weighted by Gasteiger charge is 2.44. The minimum atomic E-state index is -3.32. The Morgan fingerprint density at radius 1 is 0.950 bits per heavy atom. The molecule has 4 aromatic rings. The largest absolute Gasteiger partial charge is 0.487 e. The number of nitrogens with one attached hydrogen (secondary N) is 1. The molecule has 1 spiro atoms. The van der Waals surface area contributed by atoms with Crippen LogP contribution in [0.5, 0.6) is 5.75 Å². The molecule has 0 radical (unpaired) electrons. The van der Waals surface area contributed by atoms with Crippen LogP contribution in [0.4, 0.5) is 0 Å². The van der Waals surface area contributed by atoms with Crippen LogP contribution >= 0.6 is 11.6 Å². The predicted octanol–water partition coefficient (Wildman–Crippen LogP) is 7.10. The third-order valence-electron chi connectivity index (χ3n) is 7.98. The van der Waals surface area contributed by atoms with Gasteiger partial charge in [0, 0.05) is 30.6 Å². The van der Waals surface area contributed by atoms with Crippen LogP contribution in [0.3, 0.4) is 0 Å². The molecule has 5 nitrogen and oxygen atoms in total. The van der Waals surface area contributed by atoms with Crippen LogP contribution in [0, 0.1) is 6.92 Å². The maximum atomic E-state index is 12.7. The molecule has 6 rings (SSSR count). The van der Waals surface area contributed by atoms with Gasteiger partial charge in [0.2, 0.25) is 0 Å². The fourth-order valence-electron chi connectivity index (χ4n) is 6.01. The molecule has 1 fully saturated rings. The lowest BCUT2D eigenvalue weighted by Crippen LogP contribution is -2.49. The molecule has 40 heavy (non-hydrogen) atoms. The zero-order valence-corrected chi connectivity index (χ0v) is 24.1. The maximum Gasteiger partial charge on any atom is 0.160 e. The van der Waals surface area contributed by atoms with Crippen molar-refractivity contribution in [2.24, 2.45) is 0 Å². The van der Waals surface area contributed by atoms with Crippen LogP contribution in [0.2, 0.25) is 0 Å². The van der Waals surface area contributed by atoms with E-state index >= 15 is 0 Å². The van der Waals surface area contributed by atoms with E-state index < -0.39 is 9.84 Å². The molecule has 7 heteroatoms. The average molecular weight is 573 g/mol. The van der Waals surface area contributed by atoms with Crippen LogP contribution in [0.1, 0.15) is 58.6 Å². The number of hydrogen-bond donors (Lipinski definition) is 1. The molecular formula is C33H33ClN2O3S. The summed E-state index contributed by atoms with van der Waals surface area (Å²) in [7, 11) is -3.32. The molecule has 3 atom stereocenters. The molecular weight excluding hydrogens is 540 g/mol. The predicted molar refractivity (Wildman–Crippen MR) is 160 cm³/mol. The molecule has 0 bridgehead atoms. The lowest BCUT2D eigenvalue weighted by molar-refractivity contribution is 0.000634. The van der Waals surface area contributed by atoms with E-state index in [0.717, 1.165) is 53.8 Å². The maximum absolute atomic E-state index is 12.7. The number of nitrogens with zero attached hydrogens (tertiary/aromatic N) is 1. The topological polar surface area (TPSA) is 68.3 Å². The van der Waals surface area contributed by atoms with Crippen molar-refractivity contribution in [3.05, 3.63) is 119 Å². The minimum absolute atomic E-state index is 0.0217. The van der Waals surface area contributed by atoms with E-state index in [-0.39, 0.29) is 28.5 Å². The van der Waals surface area contributed by atoms with Gasteiger partial charge >= 0.3 is 0 Å². The Morgan fingerprint density at radius 2 is 1.77 bits per heavy atom. The van der Waals surface area contributed by atoms with Gasteiger partial charge in [-0.15, -0.1) is 11.6 Å². The molecule has 0 aliphatic carbocycles. The highest BCUT2D eigenvalue weighted by atomic mass is 35.5. The lowest BCUT2D eigenvalue weighted by atomic mass is 9.78. The summed E-state index contributed by atoms with van der Waals surface area (Å²) >= 11 is 7.04. The van der Waals surface area contributed by atoms with Gasteiger partial charge in [0.1, 0.15) is 11.4 Å². The van der Waals surface area contributed by atoms with Gasteiger partial charge in [0.25, 0.3) is 0 Å².